The third kappa shape index (κ3) is 7.85. The maximum atomic E-state index is 12.7. The molecule has 0 aromatic heterocycles. The van der Waals surface area contributed by atoms with Crippen molar-refractivity contribution in [1.82, 2.24) is 10.2 Å². The molecule has 2 N–H and O–H groups in total. The van der Waals surface area contributed by atoms with Gasteiger partial charge in [-0.25, -0.2) is 4.79 Å². The Balaban J connectivity index is 1.65. The predicted molar refractivity (Wildman–Crippen MR) is 105 cm³/mol. The van der Waals surface area contributed by atoms with Gasteiger partial charge in [0.25, 0.3) is 0 Å². The summed E-state index contributed by atoms with van der Waals surface area (Å²) in [5.74, 6) is -0.0639. The number of likely N-dealkylation sites (tertiary alicyclic amines) is 1. The Bertz CT molecular complexity index is 674. The van der Waals surface area contributed by atoms with Crippen LogP contribution in [0.25, 0.3) is 0 Å². The number of hydrogen-bond acceptors (Lipinski definition) is 4. The Kier molecular flexibility index (Phi) is 7.94. The molecule has 1 saturated heterocycles. The highest BCUT2D eigenvalue weighted by atomic mass is 19.4. The number of ether oxygens (including phenoxy) is 1. The number of β-amino-alcohol motifs (C(OH)–C–C–N with tert-alkyl or cyclic N) is 1. The third-order valence-electron chi connectivity index (χ3n) is 4.79. The summed E-state index contributed by atoms with van der Waals surface area (Å²) in [6.45, 7) is 7.38. The minimum atomic E-state index is -4.31. The van der Waals surface area contributed by atoms with Crippen molar-refractivity contribution in [3.63, 3.8) is 0 Å². The quantitative estimate of drug-likeness (QED) is 0.663. The fraction of sp³-hybridized carbons (Fsp3) is 0.667. The van der Waals surface area contributed by atoms with Crippen molar-refractivity contribution in [2.75, 3.05) is 26.2 Å². The number of nitrogens with one attached hydrogen (secondary N) is 1. The van der Waals surface area contributed by atoms with Crippen LogP contribution in [0.5, 0.6) is 0 Å². The summed E-state index contributed by atoms with van der Waals surface area (Å²) in [5, 5.41) is 13.4. The molecule has 2 atom stereocenters. The number of rotatable bonds is 7. The van der Waals surface area contributed by atoms with Crippen LogP contribution in [0.2, 0.25) is 0 Å². The normalized spacial score (nSPS) is 20.2. The number of unbranched alkanes of at least 4 members (excludes halogenated alkanes) is 1. The topological polar surface area (TPSA) is 61.8 Å². The van der Waals surface area contributed by atoms with Gasteiger partial charge in [-0.2, -0.15) is 13.2 Å². The van der Waals surface area contributed by atoms with Crippen molar-refractivity contribution in [2.24, 2.45) is 5.92 Å². The second-order valence-corrected chi connectivity index (χ2v) is 8.57. The zero-order valence-corrected chi connectivity index (χ0v) is 17.3. The summed E-state index contributed by atoms with van der Waals surface area (Å²) in [5.41, 5.74) is -0.505. The van der Waals surface area contributed by atoms with E-state index >= 15 is 0 Å². The lowest BCUT2D eigenvalue weighted by Crippen LogP contribution is -2.36. The first-order chi connectivity index (χ1) is 13.5. The molecule has 2 rings (SSSR count). The molecule has 0 aliphatic carbocycles. The van der Waals surface area contributed by atoms with Crippen molar-refractivity contribution in [3.8, 4) is 0 Å². The molecule has 1 aromatic carbocycles. The molecule has 5 nitrogen and oxygen atoms in total. The molecule has 1 aliphatic heterocycles. The number of alkyl halides is 3. The maximum Gasteiger partial charge on any atom is 0.416 e. The molecule has 0 spiro atoms. The highest BCUT2D eigenvalue weighted by molar-refractivity contribution is 5.68. The SMILES string of the molecule is CC(C)(C)OC(=O)N1C[C@@H](CNCCCCc2cccc(C(F)(F)F)c2)[C@H](O)C1. The number of nitrogens with zero attached hydrogens (tertiary/aromatic N) is 1. The number of amides is 1. The van der Waals surface area contributed by atoms with Crippen LogP contribution in [0, 0.1) is 5.92 Å². The van der Waals surface area contributed by atoms with E-state index < -0.39 is 29.5 Å². The molecule has 0 bridgehead atoms. The number of carbonyl (C=O) groups is 1. The molecule has 0 radical (unpaired) electrons. The van der Waals surface area contributed by atoms with Gasteiger partial charge in [-0.15, -0.1) is 0 Å². The van der Waals surface area contributed by atoms with Gasteiger partial charge in [-0.1, -0.05) is 18.2 Å². The summed E-state index contributed by atoms with van der Waals surface area (Å²) >= 11 is 0. The third-order valence-corrected chi connectivity index (χ3v) is 4.79. The molecular formula is C21H31F3N2O3. The van der Waals surface area contributed by atoms with E-state index in [9.17, 15) is 23.1 Å². The molecular weight excluding hydrogens is 385 g/mol. The van der Waals surface area contributed by atoms with Crippen LogP contribution < -0.4 is 5.32 Å². The number of aliphatic hydroxyl groups excluding tert-OH is 1. The van der Waals surface area contributed by atoms with E-state index in [1.807, 2.05) is 0 Å². The van der Waals surface area contributed by atoms with Crippen molar-refractivity contribution < 1.29 is 27.8 Å². The largest absolute Gasteiger partial charge is 0.444 e. The van der Waals surface area contributed by atoms with E-state index in [1.54, 1.807) is 26.8 Å². The van der Waals surface area contributed by atoms with E-state index in [0.717, 1.165) is 18.9 Å². The van der Waals surface area contributed by atoms with Crippen LogP contribution in [0.3, 0.4) is 0 Å². The summed E-state index contributed by atoms with van der Waals surface area (Å²) in [4.78, 5) is 13.6. The highest BCUT2D eigenvalue weighted by Gasteiger charge is 2.35. The average Bonchev–Trinajstić information content (AvgIpc) is 2.97. The minimum Gasteiger partial charge on any atom is -0.444 e. The smallest absolute Gasteiger partial charge is 0.416 e. The van der Waals surface area contributed by atoms with Crippen LogP contribution in [-0.4, -0.2) is 54.0 Å². The molecule has 8 heteroatoms. The molecule has 1 amide bonds. The molecule has 164 valence electrons. The van der Waals surface area contributed by atoms with Crippen LogP contribution in [0.4, 0.5) is 18.0 Å². The molecule has 0 saturated carbocycles. The number of aryl methyl sites for hydroxylation is 1. The monoisotopic (exact) mass is 416 g/mol. The van der Waals surface area contributed by atoms with Gasteiger partial charge in [0.1, 0.15) is 5.60 Å². The lowest BCUT2D eigenvalue weighted by molar-refractivity contribution is -0.137. The number of hydrogen-bond donors (Lipinski definition) is 2. The first kappa shape index (κ1) is 23.5. The van der Waals surface area contributed by atoms with Gasteiger partial charge in [0.2, 0.25) is 0 Å². The second kappa shape index (κ2) is 9.80. The van der Waals surface area contributed by atoms with E-state index in [-0.39, 0.29) is 12.5 Å². The maximum absolute atomic E-state index is 12.7. The van der Waals surface area contributed by atoms with Crippen LogP contribution in [0.15, 0.2) is 24.3 Å². The van der Waals surface area contributed by atoms with E-state index in [1.165, 1.54) is 17.0 Å². The molecule has 29 heavy (non-hydrogen) atoms. The average molecular weight is 416 g/mol. The zero-order valence-electron chi connectivity index (χ0n) is 17.3. The van der Waals surface area contributed by atoms with E-state index in [0.29, 0.717) is 31.6 Å². The van der Waals surface area contributed by atoms with E-state index in [2.05, 4.69) is 5.32 Å². The Morgan fingerprint density at radius 2 is 1.97 bits per heavy atom. The Morgan fingerprint density at radius 3 is 2.62 bits per heavy atom. The molecule has 1 aliphatic rings. The Hall–Kier alpha value is -1.80. The van der Waals surface area contributed by atoms with Gasteiger partial charge in [-0.05, 0) is 58.2 Å². The fourth-order valence-electron chi connectivity index (χ4n) is 3.30. The number of carbonyl (C=O) groups excluding carboxylic acids is 1. The first-order valence-corrected chi connectivity index (χ1v) is 9.98. The van der Waals surface area contributed by atoms with Crippen molar-refractivity contribution >= 4 is 6.09 Å². The van der Waals surface area contributed by atoms with Crippen molar-refractivity contribution in [2.45, 2.75) is 57.9 Å². The van der Waals surface area contributed by atoms with Gasteiger partial charge in [-0.3, -0.25) is 0 Å². The summed E-state index contributed by atoms with van der Waals surface area (Å²) in [7, 11) is 0. The minimum absolute atomic E-state index is 0.0639. The standard InChI is InChI=1S/C21H31F3N2O3/c1-20(2,3)29-19(28)26-13-16(18(27)14-26)12-25-10-5-4-7-15-8-6-9-17(11-15)21(22,23)24/h6,8-9,11,16,18,25,27H,4-5,7,10,12-14H2,1-3H3/t16-,18-/m1/s1. The number of halogens is 3. The van der Waals surface area contributed by atoms with Gasteiger partial charge in [0.15, 0.2) is 0 Å². The molecule has 1 aromatic rings. The predicted octanol–water partition coefficient (Wildman–Crippen LogP) is 3.85. The summed E-state index contributed by atoms with van der Waals surface area (Å²) in [6, 6.07) is 5.43. The molecule has 0 unspecified atom stereocenters. The summed E-state index contributed by atoms with van der Waals surface area (Å²) in [6.07, 6.45) is -3.16. The number of benzene rings is 1. The Morgan fingerprint density at radius 1 is 1.24 bits per heavy atom. The van der Waals surface area contributed by atoms with E-state index in [4.69, 9.17) is 4.74 Å². The zero-order chi connectivity index (χ0) is 21.7. The fourth-order valence-corrected chi connectivity index (χ4v) is 3.30. The van der Waals surface area contributed by atoms with Gasteiger partial charge in [0, 0.05) is 19.0 Å². The molecule has 1 heterocycles. The first-order valence-electron chi connectivity index (χ1n) is 9.98. The van der Waals surface area contributed by atoms with Gasteiger partial charge in [0.05, 0.1) is 18.2 Å². The van der Waals surface area contributed by atoms with Crippen LogP contribution >= 0.6 is 0 Å². The highest BCUT2D eigenvalue weighted by Crippen LogP contribution is 2.29. The van der Waals surface area contributed by atoms with Gasteiger partial charge >= 0.3 is 12.3 Å². The van der Waals surface area contributed by atoms with Crippen LogP contribution in [0.1, 0.15) is 44.7 Å². The number of aliphatic hydroxyl groups is 1. The van der Waals surface area contributed by atoms with Gasteiger partial charge < -0.3 is 20.1 Å². The molecule has 1 fully saturated rings. The summed E-state index contributed by atoms with van der Waals surface area (Å²) < 4.78 is 43.5. The van der Waals surface area contributed by atoms with Crippen molar-refractivity contribution in [3.05, 3.63) is 35.4 Å². The van der Waals surface area contributed by atoms with Crippen LogP contribution in [-0.2, 0) is 17.3 Å². The van der Waals surface area contributed by atoms with Crippen molar-refractivity contribution in [1.29, 1.82) is 0 Å². The second-order valence-electron chi connectivity index (χ2n) is 8.57. The Labute approximate surface area is 170 Å². The lowest BCUT2D eigenvalue weighted by Gasteiger charge is -2.24. The lowest BCUT2D eigenvalue weighted by atomic mass is 10.0.